The Balaban J connectivity index is 2.69. The fraction of sp³-hybridized carbons (Fsp3) is 0.538. The minimum absolute atomic E-state index is 0.187. The Bertz CT molecular complexity index is 576. The molecule has 1 atom stereocenters. The van der Waals surface area contributed by atoms with Crippen molar-refractivity contribution in [1.29, 1.82) is 0 Å². The smallest absolute Gasteiger partial charge is 0.313 e. The number of hydrogen-bond acceptors (Lipinski definition) is 6. The number of sulfonamides is 1. The molecule has 0 fully saturated rings. The van der Waals surface area contributed by atoms with Gasteiger partial charge in [-0.15, -0.1) is 0 Å². The zero-order valence-electron chi connectivity index (χ0n) is 12.2. The topological polar surface area (TPSA) is 103 Å². The number of nitrogens with one attached hydrogen (secondary N) is 1. The summed E-state index contributed by atoms with van der Waals surface area (Å²) < 4.78 is 35.0. The fourth-order valence-corrected chi connectivity index (χ4v) is 2.43. The molecule has 1 aromatic heterocycles. The monoisotopic (exact) mass is 317 g/mol. The van der Waals surface area contributed by atoms with Gasteiger partial charge in [0.15, 0.2) is 0 Å². The van der Waals surface area contributed by atoms with Gasteiger partial charge in [-0.1, -0.05) is 0 Å². The Kier molecular flexibility index (Phi) is 6.10. The number of rotatable bonds is 8. The van der Waals surface area contributed by atoms with Crippen LogP contribution < -0.4 is 4.72 Å². The summed E-state index contributed by atoms with van der Waals surface area (Å²) in [5, 5.41) is 0. The molecule has 21 heavy (non-hydrogen) atoms. The van der Waals surface area contributed by atoms with Gasteiger partial charge < -0.3 is 9.15 Å². The van der Waals surface area contributed by atoms with Crippen LogP contribution in [0, 0.1) is 0 Å². The first-order chi connectivity index (χ1) is 9.67. The van der Waals surface area contributed by atoms with E-state index in [-0.39, 0.29) is 12.5 Å². The molecule has 0 amide bonds. The van der Waals surface area contributed by atoms with Crippen LogP contribution in [-0.4, -0.2) is 32.5 Å². The second kappa shape index (κ2) is 7.37. The lowest BCUT2D eigenvalue weighted by atomic mass is 10.1. The third-order valence-corrected chi connectivity index (χ3v) is 3.10. The Morgan fingerprint density at radius 2 is 2.05 bits per heavy atom. The van der Waals surface area contributed by atoms with Crippen molar-refractivity contribution in [3.05, 3.63) is 24.2 Å². The van der Waals surface area contributed by atoms with Crippen molar-refractivity contribution >= 4 is 21.8 Å². The Morgan fingerprint density at radius 3 is 2.52 bits per heavy atom. The van der Waals surface area contributed by atoms with E-state index < -0.39 is 34.2 Å². The van der Waals surface area contributed by atoms with Gasteiger partial charge in [0.1, 0.15) is 18.0 Å². The van der Waals surface area contributed by atoms with E-state index in [2.05, 4.69) is 4.72 Å². The molecule has 0 aliphatic rings. The Hall–Kier alpha value is -1.67. The van der Waals surface area contributed by atoms with Gasteiger partial charge in [0.2, 0.25) is 10.0 Å². The maximum absolute atomic E-state index is 11.8. The summed E-state index contributed by atoms with van der Waals surface area (Å²) in [4.78, 5) is 23.3. The number of Topliss-reactive ketones (excluding diaryl/α,β-unsaturated/α-hetero) is 1. The van der Waals surface area contributed by atoms with Crippen LogP contribution in [0.15, 0.2) is 22.8 Å². The molecule has 8 heteroatoms. The lowest BCUT2D eigenvalue weighted by Crippen LogP contribution is -2.29. The van der Waals surface area contributed by atoms with Crippen molar-refractivity contribution < 1.29 is 27.2 Å². The zero-order chi connectivity index (χ0) is 16.0. The van der Waals surface area contributed by atoms with Gasteiger partial charge in [-0.2, -0.15) is 0 Å². The first-order valence-electron chi connectivity index (χ1n) is 6.39. The molecule has 0 saturated carbocycles. The Labute approximate surface area is 123 Å². The summed E-state index contributed by atoms with van der Waals surface area (Å²) in [6.45, 7) is 3.36. The van der Waals surface area contributed by atoms with Crippen LogP contribution >= 0.6 is 0 Å². The van der Waals surface area contributed by atoms with Crippen LogP contribution in [0.1, 0.15) is 38.5 Å². The van der Waals surface area contributed by atoms with E-state index >= 15 is 0 Å². The van der Waals surface area contributed by atoms with Gasteiger partial charge in [-0.05, 0) is 26.0 Å². The summed E-state index contributed by atoms with van der Waals surface area (Å²) in [6.07, 6.45) is 1.47. The van der Waals surface area contributed by atoms with E-state index in [1.807, 2.05) is 0 Å². The molecule has 0 spiro atoms. The normalized spacial score (nSPS) is 13.1. The largest absolute Gasteiger partial charge is 0.468 e. The first-order valence-corrected chi connectivity index (χ1v) is 8.28. The first kappa shape index (κ1) is 17.4. The molecule has 0 saturated heterocycles. The van der Waals surface area contributed by atoms with Crippen LogP contribution in [0.25, 0.3) is 0 Å². The van der Waals surface area contributed by atoms with Crippen LogP contribution in [-0.2, 0) is 24.3 Å². The molecule has 0 bridgehead atoms. The van der Waals surface area contributed by atoms with Gasteiger partial charge in [0, 0.05) is 6.42 Å². The average molecular weight is 317 g/mol. The third-order valence-electron chi connectivity index (χ3n) is 2.38. The predicted octanol–water partition coefficient (Wildman–Crippen LogP) is 1.17. The van der Waals surface area contributed by atoms with Crippen molar-refractivity contribution in [3.8, 4) is 0 Å². The number of ketones is 1. The second-order valence-electron chi connectivity index (χ2n) is 4.92. The van der Waals surface area contributed by atoms with E-state index in [0.717, 1.165) is 6.26 Å². The third kappa shape index (κ3) is 7.05. The highest BCUT2D eigenvalue weighted by Crippen LogP contribution is 2.19. The predicted molar refractivity (Wildman–Crippen MR) is 74.9 cm³/mol. The highest BCUT2D eigenvalue weighted by molar-refractivity contribution is 7.88. The molecule has 1 rings (SSSR count). The lowest BCUT2D eigenvalue weighted by Gasteiger charge is -2.14. The number of ether oxygens (including phenoxy) is 1. The summed E-state index contributed by atoms with van der Waals surface area (Å²) in [5.74, 6) is -0.753. The van der Waals surface area contributed by atoms with Crippen molar-refractivity contribution in [2.75, 3.05) is 6.26 Å². The minimum Gasteiger partial charge on any atom is -0.468 e. The number of hydrogen-bond donors (Lipinski definition) is 1. The molecule has 1 aromatic rings. The van der Waals surface area contributed by atoms with E-state index in [0.29, 0.717) is 5.76 Å². The molecule has 118 valence electrons. The minimum atomic E-state index is -3.52. The van der Waals surface area contributed by atoms with Gasteiger partial charge in [-0.3, -0.25) is 9.59 Å². The van der Waals surface area contributed by atoms with Crippen LogP contribution in [0.3, 0.4) is 0 Å². The lowest BCUT2D eigenvalue weighted by molar-refractivity contribution is -0.149. The zero-order valence-corrected chi connectivity index (χ0v) is 13.0. The molecule has 0 aliphatic heterocycles. The van der Waals surface area contributed by atoms with E-state index in [9.17, 15) is 18.0 Å². The molecule has 0 aliphatic carbocycles. The quantitative estimate of drug-likeness (QED) is 0.570. The molecular weight excluding hydrogens is 298 g/mol. The van der Waals surface area contributed by atoms with E-state index in [4.69, 9.17) is 9.15 Å². The van der Waals surface area contributed by atoms with Crippen molar-refractivity contribution in [1.82, 2.24) is 4.72 Å². The van der Waals surface area contributed by atoms with Gasteiger partial charge in [0.25, 0.3) is 0 Å². The van der Waals surface area contributed by atoms with E-state index in [1.165, 1.54) is 6.26 Å². The number of carbonyl (C=O) groups is 2. The maximum Gasteiger partial charge on any atom is 0.313 e. The summed E-state index contributed by atoms with van der Waals surface area (Å²) >= 11 is 0. The maximum atomic E-state index is 11.8. The Morgan fingerprint density at radius 1 is 1.38 bits per heavy atom. The van der Waals surface area contributed by atoms with Gasteiger partial charge in [-0.25, -0.2) is 13.1 Å². The molecular formula is C13H19NO6S. The van der Waals surface area contributed by atoms with Crippen molar-refractivity contribution in [2.45, 2.75) is 38.8 Å². The highest BCUT2D eigenvalue weighted by atomic mass is 32.2. The molecule has 1 N–H and O–H groups in total. The molecule has 0 radical (unpaired) electrons. The summed E-state index contributed by atoms with van der Waals surface area (Å²) in [7, 11) is -3.52. The number of esters is 1. The highest BCUT2D eigenvalue weighted by Gasteiger charge is 2.23. The fourth-order valence-electron chi connectivity index (χ4n) is 1.71. The van der Waals surface area contributed by atoms with E-state index in [1.54, 1.807) is 26.0 Å². The molecule has 1 unspecified atom stereocenters. The average Bonchev–Trinajstić information content (AvgIpc) is 2.77. The molecule has 1 heterocycles. The van der Waals surface area contributed by atoms with Crippen molar-refractivity contribution in [3.63, 3.8) is 0 Å². The molecule has 0 aromatic carbocycles. The van der Waals surface area contributed by atoms with Gasteiger partial charge >= 0.3 is 5.97 Å². The standard InChI is InChI=1S/C13H19NO6S/c1-9(2)20-13(16)8-10(15)7-11(14-21(3,17)18)12-5-4-6-19-12/h4-6,9,11,14H,7-8H2,1-3H3. The van der Waals surface area contributed by atoms with Crippen molar-refractivity contribution in [2.24, 2.45) is 0 Å². The molecule has 7 nitrogen and oxygen atoms in total. The number of furan rings is 1. The second-order valence-corrected chi connectivity index (χ2v) is 6.70. The summed E-state index contributed by atoms with van der Waals surface area (Å²) in [5.41, 5.74) is 0. The number of carbonyl (C=O) groups excluding carboxylic acids is 2. The SMILES string of the molecule is CC(C)OC(=O)CC(=O)CC(NS(C)(=O)=O)c1ccco1. The summed E-state index contributed by atoms with van der Waals surface area (Å²) in [6, 6.07) is 2.31. The van der Waals surface area contributed by atoms with Crippen LogP contribution in [0.4, 0.5) is 0 Å². The van der Waals surface area contributed by atoms with Gasteiger partial charge in [0.05, 0.1) is 24.7 Å². The van der Waals surface area contributed by atoms with Crippen LogP contribution in [0.5, 0.6) is 0 Å². The van der Waals surface area contributed by atoms with Crippen LogP contribution in [0.2, 0.25) is 0 Å².